The summed E-state index contributed by atoms with van der Waals surface area (Å²) in [4.78, 5) is -0.356. The molecule has 1 N–H and O–H groups in total. The molecule has 2 rings (SSSR count). The van der Waals surface area contributed by atoms with Crippen LogP contribution in [-0.4, -0.2) is 48.6 Å². The van der Waals surface area contributed by atoms with Crippen molar-refractivity contribution in [3.05, 3.63) is 10.4 Å². The van der Waals surface area contributed by atoms with E-state index >= 15 is 0 Å². The molecule has 1 aliphatic heterocycles. The maximum absolute atomic E-state index is 12.4. The molecule has 126 valence electrons. The fourth-order valence-corrected chi connectivity index (χ4v) is 8.82. The summed E-state index contributed by atoms with van der Waals surface area (Å²) in [6.07, 6.45) is 1.10. The smallest absolute Gasteiger partial charge is 0.229 e. The largest absolute Gasteiger partial charge is 0.243 e. The van der Waals surface area contributed by atoms with Crippen molar-refractivity contribution >= 4 is 52.6 Å². The van der Waals surface area contributed by atoms with Crippen LogP contribution in [0.3, 0.4) is 0 Å². The summed E-state index contributed by atoms with van der Waals surface area (Å²) in [5.41, 5.74) is -1.13. The van der Waals surface area contributed by atoms with Gasteiger partial charge in [-0.25, -0.2) is 30.0 Å². The third kappa shape index (κ3) is 3.82. The first kappa shape index (κ1) is 18.1. The minimum Gasteiger partial charge on any atom is -0.229 e. The van der Waals surface area contributed by atoms with Crippen molar-refractivity contribution in [2.24, 2.45) is 0 Å². The average molecular weight is 408 g/mol. The summed E-state index contributed by atoms with van der Waals surface area (Å²) in [7, 11) is -11.0. The quantitative estimate of drug-likeness (QED) is 0.784. The van der Waals surface area contributed by atoms with Gasteiger partial charge in [0.25, 0.3) is 0 Å². The lowest BCUT2D eigenvalue weighted by molar-refractivity contribution is 0.462. The molecular weight excluding hydrogens is 394 g/mol. The number of nitrogens with one attached hydrogen (secondary N) is 1. The molecule has 0 spiro atoms. The Hall–Kier alpha value is -0.200. The van der Waals surface area contributed by atoms with Gasteiger partial charge < -0.3 is 0 Å². The van der Waals surface area contributed by atoms with Gasteiger partial charge in [0.15, 0.2) is 19.7 Å². The fraction of sp³-hybridized carbons (Fsp3) is 0.600. The maximum atomic E-state index is 12.4. The normalized spacial score (nSPS) is 25.4. The number of rotatable bonds is 4. The molecule has 12 heteroatoms. The molecule has 0 aromatic carbocycles. The van der Waals surface area contributed by atoms with Crippen molar-refractivity contribution in [3.63, 3.8) is 0 Å². The van der Waals surface area contributed by atoms with E-state index < -0.39 is 35.2 Å². The van der Waals surface area contributed by atoms with Gasteiger partial charge >= 0.3 is 0 Å². The second-order valence-electron chi connectivity index (χ2n) is 5.48. The van der Waals surface area contributed by atoms with E-state index in [1.54, 1.807) is 0 Å². The average Bonchev–Trinajstić information content (AvgIpc) is 2.78. The van der Waals surface area contributed by atoms with Crippen LogP contribution in [0.15, 0.2) is 15.2 Å². The van der Waals surface area contributed by atoms with Gasteiger partial charge in [-0.2, -0.15) is 0 Å². The van der Waals surface area contributed by atoms with Crippen molar-refractivity contribution in [2.75, 3.05) is 17.8 Å². The molecule has 1 aliphatic rings. The monoisotopic (exact) mass is 407 g/mol. The Morgan fingerprint density at radius 3 is 2.32 bits per heavy atom. The summed E-state index contributed by atoms with van der Waals surface area (Å²) < 4.78 is 72.8. The zero-order chi connectivity index (χ0) is 17.0. The minimum absolute atomic E-state index is 0.0992. The fourth-order valence-electron chi connectivity index (χ4n) is 2.17. The van der Waals surface area contributed by atoms with Gasteiger partial charge in [0.1, 0.15) is 13.4 Å². The second kappa shape index (κ2) is 5.42. The molecule has 1 saturated heterocycles. The Balaban J connectivity index is 2.39. The first-order chi connectivity index (χ1) is 9.74. The summed E-state index contributed by atoms with van der Waals surface area (Å²) >= 11 is 6.48. The summed E-state index contributed by atoms with van der Waals surface area (Å²) in [5, 5.41) is 0. The van der Waals surface area contributed by atoms with Crippen molar-refractivity contribution in [1.82, 2.24) is 4.72 Å². The number of hydrogen-bond acceptors (Lipinski definition) is 7. The lowest BCUT2D eigenvalue weighted by Gasteiger charge is -2.23. The summed E-state index contributed by atoms with van der Waals surface area (Å²) in [5.74, 6) is -0.405. The SMILES string of the molecule is CC1(NS(=O)(=O)c2cc(S(C)(=O)=O)sc2Cl)CCS(=O)(=O)C1. The highest BCUT2D eigenvalue weighted by Crippen LogP contribution is 2.35. The van der Waals surface area contributed by atoms with E-state index in [9.17, 15) is 25.3 Å². The number of thiophene rings is 1. The molecule has 2 heterocycles. The van der Waals surface area contributed by atoms with Gasteiger partial charge in [-0.15, -0.1) is 11.3 Å². The lowest BCUT2D eigenvalue weighted by Crippen LogP contribution is -2.46. The van der Waals surface area contributed by atoms with E-state index in [1.807, 2.05) is 0 Å². The van der Waals surface area contributed by atoms with Gasteiger partial charge in [-0.05, 0) is 19.4 Å². The molecule has 1 aromatic rings. The molecule has 0 aliphatic carbocycles. The Bertz CT molecular complexity index is 915. The molecule has 7 nitrogen and oxygen atoms in total. The third-order valence-corrected chi connectivity index (χ3v) is 10.1. The summed E-state index contributed by atoms with van der Waals surface area (Å²) in [6.45, 7) is 1.49. The highest BCUT2D eigenvalue weighted by Gasteiger charge is 2.42. The van der Waals surface area contributed by atoms with Gasteiger partial charge in [-0.3, -0.25) is 0 Å². The van der Waals surface area contributed by atoms with Crippen LogP contribution in [-0.2, 0) is 29.7 Å². The zero-order valence-electron chi connectivity index (χ0n) is 11.7. The maximum Gasteiger partial charge on any atom is 0.243 e. The topological polar surface area (TPSA) is 114 Å². The van der Waals surface area contributed by atoms with Crippen LogP contribution >= 0.6 is 22.9 Å². The van der Waals surface area contributed by atoms with E-state index in [0.717, 1.165) is 12.3 Å². The van der Waals surface area contributed by atoms with Crippen LogP contribution in [0.5, 0.6) is 0 Å². The van der Waals surface area contributed by atoms with E-state index in [0.29, 0.717) is 11.3 Å². The van der Waals surface area contributed by atoms with Crippen LogP contribution in [0.25, 0.3) is 0 Å². The molecule has 1 unspecified atom stereocenters. The number of hydrogen-bond donors (Lipinski definition) is 1. The Kier molecular flexibility index (Phi) is 4.47. The lowest BCUT2D eigenvalue weighted by atomic mass is 10.0. The molecular formula is C10H14ClNO6S4. The first-order valence-electron chi connectivity index (χ1n) is 5.98. The number of sulfonamides is 1. The van der Waals surface area contributed by atoms with E-state index in [4.69, 9.17) is 11.6 Å². The van der Waals surface area contributed by atoms with Gasteiger partial charge in [0.05, 0.1) is 11.5 Å². The van der Waals surface area contributed by atoms with E-state index in [2.05, 4.69) is 4.72 Å². The van der Waals surface area contributed by atoms with Crippen LogP contribution < -0.4 is 4.72 Å². The first-order valence-corrected chi connectivity index (χ1v) is 12.4. The van der Waals surface area contributed by atoms with Crippen LogP contribution in [0.4, 0.5) is 0 Å². The highest BCUT2D eigenvalue weighted by molar-refractivity contribution is 7.93. The standard InChI is InChI=1S/C10H14ClNO6S4/c1-10(3-4-21(15,16)6-10)12-22(17,18)7-5-8(19-9(7)11)20(2,13)14/h5,12H,3-4,6H2,1-2H3. The van der Waals surface area contributed by atoms with Crippen LogP contribution in [0.1, 0.15) is 13.3 Å². The molecule has 0 amide bonds. The molecule has 1 atom stereocenters. The van der Waals surface area contributed by atoms with Crippen molar-refractivity contribution in [2.45, 2.75) is 28.0 Å². The van der Waals surface area contributed by atoms with Crippen molar-refractivity contribution in [1.29, 1.82) is 0 Å². The van der Waals surface area contributed by atoms with Crippen LogP contribution in [0.2, 0.25) is 4.34 Å². The Morgan fingerprint density at radius 1 is 1.32 bits per heavy atom. The predicted molar refractivity (Wildman–Crippen MR) is 84.4 cm³/mol. The molecule has 1 fully saturated rings. The second-order valence-corrected chi connectivity index (χ2v) is 13.2. The number of halogens is 1. The molecule has 1 aromatic heterocycles. The summed E-state index contributed by atoms with van der Waals surface area (Å²) in [6, 6.07) is 0.984. The molecule has 0 bridgehead atoms. The van der Waals surface area contributed by atoms with E-state index in [-0.39, 0.29) is 31.4 Å². The van der Waals surface area contributed by atoms with Gasteiger partial charge in [0, 0.05) is 11.8 Å². The molecule has 0 saturated carbocycles. The predicted octanol–water partition coefficient (Wildman–Crippen LogP) is 0.661. The molecule has 22 heavy (non-hydrogen) atoms. The molecule has 0 radical (unpaired) electrons. The van der Waals surface area contributed by atoms with Gasteiger partial charge in [-0.1, -0.05) is 11.6 Å². The Morgan fingerprint density at radius 2 is 1.91 bits per heavy atom. The van der Waals surface area contributed by atoms with Crippen LogP contribution in [0, 0.1) is 0 Å². The van der Waals surface area contributed by atoms with Gasteiger partial charge in [0.2, 0.25) is 10.0 Å². The van der Waals surface area contributed by atoms with E-state index in [1.165, 1.54) is 6.92 Å². The minimum atomic E-state index is -4.12. The zero-order valence-corrected chi connectivity index (χ0v) is 15.7. The van der Waals surface area contributed by atoms with Crippen molar-refractivity contribution in [3.8, 4) is 0 Å². The Labute approximate surface area is 138 Å². The third-order valence-electron chi connectivity index (χ3n) is 3.17. The highest BCUT2D eigenvalue weighted by atomic mass is 35.5. The van der Waals surface area contributed by atoms with Crippen molar-refractivity contribution < 1.29 is 25.3 Å². The number of sulfone groups is 2.